The fourth-order valence-corrected chi connectivity index (χ4v) is 2.61. The second kappa shape index (κ2) is 6.69. The Morgan fingerprint density at radius 1 is 1.00 bits per heavy atom. The molecule has 3 amide bonds. The average Bonchev–Trinajstić information content (AvgIpc) is 3.11. The molecule has 24 heavy (non-hydrogen) atoms. The van der Waals surface area contributed by atoms with Crippen molar-refractivity contribution in [2.45, 2.75) is 0 Å². The first-order valence-corrected chi connectivity index (χ1v) is 7.79. The predicted molar refractivity (Wildman–Crippen MR) is 87.9 cm³/mol. The van der Waals surface area contributed by atoms with Crippen molar-refractivity contribution in [2.24, 2.45) is 0 Å². The Bertz CT molecular complexity index is 719. The van der Waals surface area contributed by atoms with E-state index in [1.165, 1.54) is 0 Å². The molecular weight excluding hydrogens is 308 g/mol. The predicted octanol–water partition coefficient (Wildman–Crippen LogP) is 0.707. The third-order valence-corrected chi connectivity index (χ3v) is 3.95. The van der Waals surface area contributed by atoms with E-state index in [2.05, 4.69) is 10.3 Å². The van der Waals surface area contributed by atoms with E-state index >= 15 is 0 Å². The zero-order valence-corrected chi connectivity index (χ0v) is 13.8. The smallest absolute Gasteiger partial charge is 0.319 e. The number of benzene rings is 1. The molecule has 8 nitrogen and oxygen atoms in total. The number of piperazine rings is 1. The maximum atomic E-state index is 12.6. The van der Waals surface area contributed by atoms with E-state index in [9.17, 15) is 9.59 Å². The first kappa shape index (κ1) is 16.0. The fourth-order valence-electron chi connectivity index (χ4n) is 2.61. The molecule has 1 saturated heterocycles. The molecule has 0 saturated carbocycles. The summed E-state index contributed by atoms with van der Waals surface area (Å²) >= 11 is 0. The minimum Gasteiger partial charge on any atom is -0.334 e. The van der Waals surface area contributed by atoms with Crippen molar-refractivity contribution in [3.8, 4) is 5.69 Å². The molecule has 0 spiro atoms. The number of rotatable bonds is 2. The number of aromatic nitrogens is 3. The molecule has 0 unspecified atom stereocenters. The van der Waals surface area contributed by atoms with Gasteiger partial charge in [0.2, 0.25) is 0 Å². The summed E-state index contributed by atoms with van der Waals surface area (Å²) in [6, 6.07) is 9.49. The van der Waals surface area contributed by atoms with Crippen LogP contribution in [0.15, 0.2) is 36.5 Å². The van der Waals surface area contributed by atoms with Crippen LogP contribution < -0.4 is 0 Å². The van der Waals surface area contributed by atoms with Gasteiger partial charge in [0.25, 0.3) is 5.91 Å². The number of carbonyl (C=O) groups is 2. The topological polar surface area (TPSA) is 74.6 Å². The Labute approximate surface area is 140 Å². The maximum Gasteiger partial charge on any atom is 0.319 e. The van der Waals surface area contributed by atoms with Gasteiger partial charge in [-0.1, -0.05) is 23.4 Å². The lowest BCUT2D eigenvalue weighted by Gasteiger charge is -2.35. The lowest BCUT2D eigenvalue weighted by molar-refractivity contribution is 0.0644. The van der Waals surface area contributed by atoms with Gasteiger partial charge in [-0.05, 0) is 12.1 Å². The van der Waals surface area contributed by atoms with Crippen molar-refractivity contribution >= 4 is 11.9 Å². The monoisotopic (exact) mass is 328 g/mol. The summed E-state index contributed by atoms with van der Waals surface area (Å²) in [6.45, 7) is 2.04. The van der Waals surface area contributed by atoms with Gasteiger partial charge in [-0.15, -0.1) is 5.10 Å². The molecule has 0 N–H and O–H groups in total. The molecule has 0 aliphatic carbocycles. The highest BCUT2D eigenvalue weighted by molar-refractivity contribution is 5.92. The van der Waals surface area contributed by atoms with Crippen LogP contribution in [0.1, 0.15) is 10.5 Å². The molecule has 1 fully saturated rings. The molecular formula is C16H20N6O2. The first-order chi connectivity index (χ1) is 11.6. The SMILES string of the molecule is CN(C)C(=O)N1CCN(C(=O)c2cn(-c3ccccc3)nn2)CC1. The maximum absolute atomic E-state index is 12.6. The van der Waals surface area contributed by atoms with Crippen LogP contribution in [0.4, 0.5) is 4.79 Å². The van der Waals surface area contributed by atoms with Gasteiger partial charge in [-0.25, -0.2) is 9.48 Å². The zero-order chi connectivity index (χ0) is 17.1. The fraction of sp³-hybridized carbons (Fsp3) is 0.375. The Morgan fingerprint density at radius 2 is 1.62 bits per heavy atom. The molecule has 2 heterocycles. The summed E-state index contributed by atoms with van der Waals surface area (Å²) in [5, 5.41) is 8.00. The third kappa shape index (κ3) is 3.22. The second-order valence-corrected chi connectivity index (χ2v) is 5.84. The summed E-state index contributed by atoms with van der Waals surface area (Å²) in [7, 11) is 3.45. The highest BCUT2D eigenvalue weighted by Gasteiger charge is 2.27. The van der Waals surface area contributed by atoms with Crippen LogP contribution in [-0.2, 0) is 0 Å². The van der Waals surface area contributed by atoms with E-state index in [1.807, 2.05) is 30.3 Å². The number of amides is 3. The van der Waals surface area contributed by atoms with Crippen LogP contribution in [0.5, 0.6) is 0 Å². The van der Waals surface area contributed by atoms with E-state index < -0.39 is 0 Å². The summed E-state index contributed by atoms with van der Waals surface area (Å²) < 4.78 is 1.58. The van der Waals surface area contributed by atoms with Gasteiger partial charge in [0.1, 0.15) is 0 Å². The summed E-state index contributed by atoms with van der Waals surface area (Å²) in [5.74, 6) is -0.158. The highest BCUT2D eigenvalue weighted by atomic mass is 16.2. The van der Waals surface area contributed by atoms with Gasteiger partial charge in [0, 0.05) is 40.3 Å². The van der Waals surface area contributed by atoms with Crippen LogP contribution in [-0.4, -0.2) is 81.9 Å². The largest absolute Gasteiger partial charge is 0.334 e. The van der Waals surface area contributed by atoms with Crippen LogP contribution in [0.2, 0.25) is 0 Å². The molecule has 1 aliphatic heterocycles. The average molecular weight is 328 g/mol. The van der Waals surface area contributed by atoms with Crippen LogP contribution >= 0.6 is 0 Å². The zero-order valence-electron chi connectivity index (χ0n) is 13.8. The molecule has 0 radical (unpaired) electrons. The molecule has 0 bridgehead atoms. The van der Waals surface area contributed by atoms with Crippen molar-refractivity contribution in [1.82, 2.24) is 29.7 Å². The molecule has 8 heteroatoms. The Morgan fingerprint density at radius 3 is 2.25 bits per heavy atom. The van der Waals surface area contributed by atoms with Gasteiger partial charge < -0.3 is 14.7 Å². The van der Waals surface area contributed by atoms with Crippen LogP contribution in [0, 0.1) is 0 Å². The third-order valence-electron chi connectivity index (χ3n) is 3.95. The van der Waals surface area contributed by atoms with Gasteiger partial charge in [-0.2, -0.15) is 0 Å². The van der Waals surface area contributed by atoms with Gasteiger partial charge in [0.15, 0.2) is 5.69 Å². The van der Waals surface area contributed by atoms with E-state index in [-0.39, 0.29) is 11.9 Å². The number of nitrogens with zero attached hydrogens (tertiary/aromatic N) is 6. The van der Waals surface area contributed by atoms with E-state index in [4.69, 9.17) is 0 Å². The minimum atomic E-state index is -0.158. The van der Waals surface area contributed by atoms with E-state index in [0.717, 1.165) is 5.69 Å². The molecule has 1 aromatic carbocycles. The van der Waals surface area contributed by atoms with Crippen LogP contribution in [0.3, 0.4) is 0 Å². The number of urea groups is 1. The van der Waals surface area contributed by atoms with Crippen molar-refractivity contribution in [3.05, 3.63) is 42.2 Å². The normalized spacial score (nSPS) is 14.6. The molecule has 1 aliphatic rings. The summed E-state index contributed by atoms with van der Waals surface area (Å²) in [4.78, 5) is 29.5. The van der Waals surface area contributed by atoms with Gasteiger partial charge in [-0.3, -0.25) is 4.79 Å². The number of carbonyl (C=O) groups excluding carboxylic acids is 2. The Kier molecular flexibility index (Phi) is 4.45. The molecule has 0 atom stereocenters. The highest BCUT2D eigenvalue weighted by Crippen LogP contribution is 2.10. The standard InChI is InChI=1S/C16H20N6O2/c1-19(2)16(24)21-10-8-20(9-11-21)15(23)14-12-22(18-17-14)13-6-4-3-5-7-13/h3-7,12H,8-11H2,1-2H3. The Hall–Kier alpha value is -2.90. The molecule has 3 rings (SSSR count). The number of hydrogen-bond acceptors (Lipinski definition) is 4. The summed E-state index contributed by atoms with van der Waals surface area (Å²) in [5.41, 5.74) is 1.16. The number of para-hydroxylation sites is 1. The second-order valence-electron chi connectivity index (χ2n) is 5.84. The van der Waals surface area contributed by atoms with Gasteiger partial charge in [0.05, 0.1) is 11.9 Å². The Balaban J connectivity index is 1.64. The van der Waals surface area contributed by atoms with Gasteiger partial charge >= 0.3 is 6.03 Å². The van der Waals surface area contributed by atoms with Crippen molar-refractivity contribution in [3.63, 3.8) is 0 Å². The van der Waals surface area contributed by atoms with Crippen LogP contribution in [0.25, 0.3) is 5.69 Å². The quantitative estimate of drug-likeness (QED) is 0.814. The molecule has 2 aromatic rings. The summed E-state index contributed by atoms with van der Waals surface area (Å²) in [6.07, 6.45) is 1.63. The first-order valence-electron chi connectivity index (χ1n) is 7.79. The van der Waals surface area contributed by atoms with E-state index in [1.54, 1.807) is 39.7 Å². The van der Waals surface area contributed by atoms with Crippen molar-refractivity contribution in [2.75, 3.05) is 40.3 Å². The van der Waals surface area contributed by atoms with Crippen molar-refractivity contribution < 1.29 is 9.59 Å². The van der Waals surface area contributed by atoms with Crippen molar-refractivity contribution in [1.29, 1.82) is 0 Å². The minimum absolute atomic E-state index is 0.0304. The number of hydrogen-bond donors (Lipinski definition) is 0. The lowest BCUT2D eigenvalue weighted by atomic mass is 10.3. The lowest BCUT2D eigenvalue weighted by Crippen LogP contribution is -2.52. The van der Waals surface area contributed by atoms with E-state index in [0.29, 0.717) is 31.9 Å². The molecule has 1 aromatic heterocycles. The molecule has 126 valence electrons.